The van der Waals surface area contributed by atoms with Gasteiger partial charge >= 0.3 is 0 Å². The van der Waals surface area contributed by atoms with Gasteiger partial charge in [0.2, 0.25) is 10.8 Å². The average Bonchev–Trinajstić information content (AvgIpc) is 3.36. The van der Waals surface area contributed by atoms with Crippen molar-refractivity contribution in [1.82, 2.24) is 14.6 Å². The minimum absolute atomic E-state index is 0.0653. The van der Waals surface area contributed by atoms with Gasteiger partial charge in [-0.25, -0.2) is 0 Å². The lowest BCUT2D eigenvalue weighted by Gasteiger charge is -1.94. The number of nitro groups is 1. The van der Waals surface area contributed by atoms with E-state index in [2.05, 4.69) is 10.1 Å². The first-order valence-electron chi connectivity index (χ1n) is 8.66. The average molecular weight is 404 g/mol. The summed E-state index contributed by atoms with van der Waals surface area (Å²) in [6.45, 7) is 1.92. The molecular weight excluding hydrogens is 392 g/mol. The van der Waals surface area contributed by atoms with Crippen LogP contribution in [0.25, 0.3) is 33.6 Å². The highest BCUT2D eigenvalue weighted by Crippen LogP contribution is 2.31. The van der Waals surface area contributed by atoms with Crippen LogP contribution < -0.4 is 10.1 Å². The van der Waals surface area contributed by atoms with Gasteiger partial charge in [-0.15, -0.1) is 5.10 Å². The van der Waals surface area contributed by atoms with Gasteiger partial charge in [0.05, 0.1) is 15.0 Å². The molecule has 0 N–H and O–H groups in total. The number of hydrogen-bond acceptors (Lipinski definition) is 7. The largest absolute Gasteiger partial charge is 0.452 e. The number of thiazole rings is 1. The Morgan fingerprint density at radius 3 is 2.69 bits per heavy atom. The molecule has 0 fully saturated rings. The summed E-state index contributed by atoms with van der Waals surface area (Å²) in [6.07, 6.45) is 1.49. The Balaban J connectivity index is 1.65. The first-order valence-corrected chi connectivity index (χ1v) is 9.48. The molecule has 5 rings (SSSR count). The summed E-state index contributed by atoms with van der Waals surface area (Å²) < 4.78 is 7.40. The molecule has 142 valence electrons. The lowest BCUT2D eigenvalue weighted by atomic mass is 10.1. The van der Waals surface area contributed by atoms with Crippen molar-refractivity contribution < 1.29 is 9.34 Å². The second-order valence-corrected chi connectivity index (χ2v) is 7.42. The number of benzene rings is 2. The fourth-order valence-corrected chi connectivity index (χ4v) is 4.13. The van der Waals surface area contributed by atoms with Gasteiger partial charge in [0.1, 0.15) is 5.58 Å². The molecule has 5 aromatic rings. The molecule has 0 aliphatic carbocycles. The highest BCUT2D eigenvalue weighted by Gasteiger charge is 2.19. The smallest absolute Gasteiger partial charge is 0.291 e. The zero-order valence-electron chi connectivity index (χ0n) is 15.0. The Labute approximate surface area is 166 Å². The third-order valence-corrected chi connectivity index (χ3v) is 5.61. The molecule has 29 heavy (non-hydrogen) atoms. The summed E-state index contributed by atoms with van der Waals surface area (Å²) in [7, 11) is 0. The number of nitrogens with zero attached hydrogens (tertiary/aromatic N) is 4. The van der Waals surface area contributed by atoms with Crippen LogP contribution in [0.4, 0.5) is 5.69 Å². The number of hydrogen-bond donors (Lipinski definition) is 0. The number of aryl methyl sites for hydroxylation is 1. The van der Waals surface area contributed by atoms with Gasteiger partial charge in [0.15, 0.2) is 5.76 Å². The van der Waals surface area contributed by atoms with Gasteiger partial charge in [-0.05, 0) is 25.1 Å². The van der Waals surface area contributed by atoms with E-state index in [0.29, 0.717) is 26.6 Å². The number of rotatable bonds is 3. The molecule has 0 saturated carbocycles. The topological polar surface area (TPSA) is 104 Å². The van der Waals surface area contributed by atoms with Gasteiger partial charge in [0.25, 0.3) is 11.2 Å². The van der Waals surface area contributed by atoms with Crippen molar-refractivity contribution in [2.45, 2.75) is 6.92 Å². The molecule has 2 aromatic carbocycles. The van der Waals surface area contributed by atoms with Crippen molar-refractivity contribution in [2.24, 2.45) is 0 Å². The summed E-state index contributed by atoms with van der Waals surface area (Å²) in [5, 5.41) is 16.5. The second-order valence-electron chi connectivity index (χ2n) is 6.41. The normalized spacial score (nSPS) is 12.2. The first-order chi connectivity index (χ1) is 14.0. The van der Waals surface area contributed by atoms with E-state index in [0.717, 1.165) is 27.9 Å². The number of aromatic nitrogens is 3. The number of fused-ring (bicyclic) bond motifs is 2. The van der Waals surface area contributed by atoms with Crippen LogP contribution in [0.2, 0.25) is 0 Å². The van der Waals surface area contributed by atoms with Crippen molar-refractivity contribution in [3.63, 3.8) is 0 Å². The van der Waals surface area contributed by atoms with Gasteiger partial charge in [0, 0.05) is 17.0 Å². The van der Waals surface area contributed by atoms with Crippen LogP contribution in [-0.2, 0) is 0 Å². The molecule has 0 atom stereocenters. The van der Waals surface area contributed by atoms with Crippen molar-refractivity contribution in [1.29, 1.82) is 0 Å². The van der Waals surface area contributed by atoms with E-state index in [9.17, 15) is 14.9 Å². The highest BCUT2D eigenvalue weighted by atomic mass is 32.1. The monoisotopic (exact) mass is 404 g/mol. The molecule has 8 nitrogen and oxygen atoms in total. The lowest BCUT2D eigenvalue weighted by molar-refractivity contribution is -0.385. The Hall–Kier alpha value is -3.85. The predicted octanol–water partition coefficient (Wildman–Crippen LogP) is 3.33. The Kier molecular flexibility index (Phi) is 3.78. The maximum atomic E-state index is 12.8. The number of furan rings is 1. The van der Waals surface area contributed by atoms with Crippen molar-refractivity contribution >= 4 is 39.0 Å². The van der Waals surface area contributed by atoms with E-state index in [1.165, 1.54) is 16.7 Å². The molecule has 9 heteroatoms. The Morgan fingerprint density at radius 2 is 1.93 bits per heavy atom. The maximum Gasteiger partial charge on any atom is 0.291 e. The standard InChI is InChI=1S/C20H12N4O4S/c1-11-13-7-3-5-9-15(13)28-17(11)18-21-20-23(22-18)19(25)16(29-20)10-12-6-2-4-8-14(12)24(26)27/h2-10H,1H3/b16-10-. The van der Waals surface area contributed by atoms with Crippen molar-refractivity contribution in [3.8, 4) is 11.6 Å². The fraction of sp³-hybridized carbons (Fsp3) is 0.0500. The zero-order valence-corrected chi connectivity index (χ0v) is 15.8. The molecule has 0 unspecified atom stereocenters. The van der Waals surface area contributed by atoms with Gasteiger partial charge < -0.3 is 4.42 Å². The van der Waals surface area contributed by atoms with Crippen LogP contribution in [0.3, 0.4) is 0 Å². The van der Waals surface area contributed by atoms with Crippen LogP contribution in [0.15, 0.2) is 57.7 Å². The van der Waals surface area contributed by atoms with Crippen LogP contribution in [0.5, 0.6) is 0 Å². The molecule has 0 saturated heterocycles. The molecule has 3 heterocycles. The summed E-state index contributed by atoms with van der Waals surface area (Å²) in [6, 6.07) is 13.9. The van der Waals surface area contributed by atoms with E-state index in [-0.39, 0.29) is 11.2 Å². The van der Waals surface area contributed by atoms with Crippen LogP contribution in [0, 0.1) is 17.0 Å². The Bertz CT molecular complexity index is 1530. The molecule has 3 aromatic heterocycles. The van der Waals surface area contributed by atoms with Crippen LogP contribution >= 0.6 is 11.3 Å². The highest BCUT2D eigenvalue weighted by molar-refractivity contribution is 7.15. The molecule has 0 aliphatic heterocycles. The molecular formula is C20H12N4O4S. The van der Waals surface area contributed by atoms with E-state index in [4.69, 9.17) is 4.42 Å². The second kappa shape index (κ2) is 6.35. The minimum Gasteiger partial charge on any atom is -0.452 e. The summed E-state index contributed by atoms with van der Waals surface area (Å²) >= 11 is 1.12. The maximum absolute atomic E-state index is 12.8. The molecule has 0 spiro atoms. The van der Waals surface area contributed by atoms with Gasteiger partial charge in [-0.1, -0.05) is 41.7 Å². The van der Waals surface area contributed by atoms with E-state index >= 15 is 0 Å². The molecule has 0 radical (unpaired) electrons. The lowest BCUT2D eigenvalue weighted by Crippen LogP contribution is -2.23. The number of para-hydroxylation sites is 2. The number of nitro benzene ring substituents is 1. The van der Waals surface area contributed by atoms with Crippen LogP contribution in [0.1, 0.15) is 11.1 Å². The molecule has 0 aliphatic rings. The van der Waals surface area contributed by atoms with Crippen LogP contribution in [-0.4, -0.2) is 19.5 Å². The SMILES string of the molecule is Cc1c(-c2nc3s/c(=C\c4ccccc4[N+](=O)[O-])c(=O)n3n2)oc2ccccc12. The zero-order chi connectivity index (χ0) is 20.1. The van der Waals surface area contributed by atoms with Gasteiger partial charge in [-0.2, -0.15) is 9.50 Å². The third-order valence-electron chi connectivity index (χ3n) is 4.65. The van der Waals surface area contributed by atoms with Gasteiger partial charge in [-0.3, -0.25) is 14.9 Å². The Morgan fingerprint density at radius 1 is 1.17 bits per heavy atom. The van der Waals surface area contributed by atoms with Crippen molar-refractivity contribution in [3.05, 3.63) is 84.7 Å². The minimum atomic E-state index is -0.476. The predicted molar refractivity (Wildman–Crippen MR) is 109 cm³/mol. The first kappa shape index (κ1) is 17.3. The fourth-order valence-electron chi connectivity index (χ4n) is 3.23. The van der Waals surface area contributed by atoms with Crippen molar-refractivity contribution in [2.75, 3.05) is 0 Å². The van der Waals surface area contributed by atoms with E-state index < -0.39 is 4.92 Å². The quantitative estimate of drug-likeness (QED) is 0.337. The van der Waals surface area contributed by atoms with E-state index in [1.54, 1.807) is 18.2 Å². The summed E-state index contributed by atoms with van der Waals surface area (Å²) in [5.41, 5.74) is 1.54. The third kappa shape index (κ3) is 2.71. The van der Waals surface area contributed by atoms with E-state index in [1.807, 2.05) is 31.2 Å². The summed E-state index contributed by atoms with van der Waals surface area (Å²) in [4.78, 5) is 28.3. The summed E-state index contributed by atoms with van der Waals surface area (Å²) in [5.74, 6) is 0.852. The molecule has 0 bridgehead atoms. The molecule has 0 amide bonds.